The molecule has 0 aliphatic heterocycles. The SMILES string of the molecule is Fc1cc(COc2nc(-c3c(F)ncnc3C3CC3)nc3ccoc23)cnc1-c1nc(C(F)(F)F)cn1C1CC1. The molecule has 0 radical (unpaired) electrons. The molecule has 2 fully saturated rings. The predicted molar refractivity (Wildman–Crippen MR) is 128 cm³/mol. The van der Waals surface area contributed by atoms with Crippen LogP contribution in [0.5, 0.6) is 5.88 Å². The van der Waals surface area contributed by atoms with E-state index in [4.69, 9.17) is 9.15 Å². The van der Waals surface area contributed by atoms with Crippen LogP contribution in [0.1, 0.15) is 54.6 Å². The molecule has 5 heterocycles. The molecule has 0 unspecified atom stereocenters. The number of fused-ring (bicyclic) bond motifs is 1. The minimum Gasteiger partial charge on any atom is -0.470 e. The Morgan fingerprint density at radius 1 is 1.02 bits per heavy atom. The molecule has 0 aromatic carbocycles. The van der Waals surface area contributed by atoms with E-state index in [1.54, 1.807) is 6.07 Å². The molecule has 7 rings (SSSR count). The van der Waals surface area contributed by atoms with Gasteiger partial charge < -0.3 is 13.7 Å². The molecule has 5 aromatic heterocycles. The summed E-state index contributed by atoms with van der Waals surface area (Å²) in [5.74, 6) is -1.70. The minimum atomic E-state index is -4.67. The molecule has 0 amide bonds. The number of pyridine rings is 1. The molecular weight excluding hydrogens is 537 g/mol. The smallest absolute Gasteiger partial charge is 0.434 e. The van der Waals surface area contributed by atoms with E-state index in [2.05, 4.69) is 29.9 Å². The Morgan fingerprint density at radius 3 is 2.58 bits per heavy atom. The summed E-state index contributed by atoms with van der Waals surface area (Å²) >= 11 is 0. The van der Waals surface area contributed by atoms with Gasteiger partial charge in [0, 0.05) is 36.0 Å². The van der Waals surface area contributed by atoms with Crippen LogP contribution in [0.15, 0.2) is 41.5 Å². The quantitative estimate of drug-likeness (QED) is 0.177. The summed E-state index contributed by atoms with van der Waals surface area (Å²) in [6.07, 6.45) is 3.14. The number of rotatable bonds is 7. The Morgan fingerprint density at radius 2 is 1.85 bits per heavy atom. The first-order valence-corrected chi connectivity index (χ1v) is 12.5. The van der Waals surface area contributed by atoms with E-state index < -0.39 is 23.6 Å². The average molecular weight is 555 g/mol. The normalized spacial score (nSPS) is 15.6. The van der Waals surface area contributed by atoms with Crippen molar-refractivity contribution in [2.45, 2.75) is 50.4 Å². The van der Waals surface area contributed by atoms with Crippen LogP contribution in [0.25, 0.3) is 34.0 Å². The van der Waals surface area contributed by atoms with Gasteiger partial charge in [0.05, 0.1) is 17.5 Å². The van der Waals surface area contributed by atoms with Crippen LogP contribution in [-0.4, -0.2) is 34.5 Å². The molecule has 0 atom stereocenters. The van der Waals surface area contributed by atoms with Gasteiger partial charge in [-0.2, -0.15) is 22.5 Å². The van der Waals surface area contributed by atoms with Crippen LogP contribution in [-0.2, 0) is 12.8 Å². The third kappa shape index (κ3) is 4.42. The van der Waals surface area contributed by atoms with Crippen LogP contribution in [0.2, 0.25) is 0 Å². The molecule has 0 N–H and O–H groups in total. The largest absolute Gasteiger partial charge is 0.470 e. The van der Waals surface area contributed by atoms with E-state index in [9.17, 15) is 17.6 Å². The summed E-state index contributed by atoms with van der Waals surface area (Å²) in [5, 5.41) is 0. The first kappa shape index (κ1) is 24.5. The Kier molecular flexibility index (Phi) is 5.54. The molecule has 2 aliphatic carbocycles. The second kappa shape index (κ2) is 9.03. The lowest BCUT2D eigenvalue weighted by Gasteiger charge is -2.11. The van der Waals surface area contributed by atoms with Crippen molar-refractivity contribution in [3.05, 3.63) is 65.8 Å². The number of halogens is 5. The minimum absolute atomic E-state index is 0.0152. The average Bonchev–Trinajstić information content (AvgIpc) is 3.85. The molecule has 14 heteroatoms. The van der Waals surface area contributed by atoms with Crippen LogP contribution in [0.4, 0.5) is 22.0 Å². The van der Waals surface area contributed by atoms with Crippen LogP contribution < -0.4 is 4.74 Å². The summed E-state index contributed by atoms with van der Waals surface area (Å²) < 4.78 is 82.3. The molecule has 0 saturated heterocycles. The van der Waals surface area contributed by atoms with Gasteiger partial charge in [0.15, 0.2) is 23.2 Å². The van der Waals surface area contributed by atoms with Crippen LogP contribution in [0.3, 0.4) is 0 Å². The Balaban J connectivity index is 1.19. The number of ether oxygens (including phenoxy) is 1. The Bertz CT molecular complexity index is 1760. The van der Waals surface area contributed by atoms with Crippen LogP contribution in [0, 0.1) is 11.8 Å². The molecule has 2 saturated carbocycles. The number of hydrogen-bond acceptors (Lipinski definition) is 8. The topological polar surface area (TPSA) is 105 Å². The molecule has 40 heavy (non-hydrogen) atoms. The van der Waals surface area contributed by atoms with Gasteiger partial charge in [-0.25, -0.2) is 29.3 Å². The van der Waals surface area contributed by atoms with Crippen molar-refractivity contribution in [2.24, 2.45) is 0 Å². The molecule has 0 spiro atoms. The van der Waals surface area contributed by atoms with Crippen molar-refractivity contribution in [3.8, 4) is 28.8 Å². The van der Waals surface area contributed by atoms with Crippen molar-refractivity contribution in [3.63, 3.8) is 0 Å². The lowest BCUT2D eigenvalue weighted by Crippen LogP contribution is -2.06. The van der Waals surface area contributed by atoms with Gasteiger partial charge >= 0.3 is 6.18 Å². The number of nitrogens with zero attached hydrogens (tertiary/aromatic N) is 7. The zero-order valence-electron chi connectivity index (χ0n) is 20.5. The predicted octanol–water partition coefficient (Wildman–Crippen LogP) is 6.03. The van der Waals surface area contributed by atoms with E-state index >= 15 is 4.39 Å². The van der Waals surface area contributed by atoms with Crippen molar-refractivity contribution in [2.75, 3.05) is 0 Å². The second-order valence-corrected chi connectivity index (χ2v) is 9.73. The standard InChI is InChI=1S/C26H18F5N7O2/c27-15-7-12(8-32-20(15)24-36-17(26(29,30)31)9-38(24)14-3-4-14)10-40-25-21-16(5-6-39-21)35-23(37-25)18-19(13-1-2-13)33-11-34-22(18)28/h5-9,11,13-14H,1-4,10H2. The molecule has 0 bridgehead atoms. The number of aromatic nitrogens is 7. The van der Waals surface area contributed by atoms with Crippen molar-refractivity contribution in [1.29, 1.82) is 0 Å². The highest BCUT2D eigenvalue weighted by atomic mass is 19.4. The molecule has 5 aromatic rings. The van der Waals surface area contributed by atoms with Gasteiger partial charge in [-0.15, -0.1) is 0 Å². The third-order valence-corrected chi connectivity index (χ3v) is 6.74. The lowest BCUT2D eigenvalue weighted by molar-refractivity contribution is -0.140. The van der Waals surface area contributed by atoms with E-state index in [0.29, 0.717) is 24.1 Å². The van der Waals surface area contributed by atoms with E-state index in [0.717, 1.165) is 31.4 Å². The van der Waals surface area contributed by atoms with E-state index in [1.165, 1.54) is 17.0 Å². The van der Waals surface area contributed by atoms with Gasteiger partial charge in [-0.1, -0.05) is 0 Å². The first-order chi connectivity index (χ1) is 19.3. The maximum atomic E-state index is 15.1. The molecular formula is C26H18F5N7O2. The fourth-order valence-corrected chi connectivity index (χ4v) is 4.51. The van der Waals surface area contributed by atoms with Gasteiger partial charge in [0.2, 0.25) is 11.5 Å². The number of furan rings is 1. The first-order valence-electron chi connectivity index (χ1n) is 12.5. The third-order valence-electron chi connectivity index (χ3n) is 6.74. The number of imidazole rings is 1. The summed E-state index contributed by atoms with van der Waals surface area (Å²) in [7, 11) is 0. The van der Waals surface area contributed by atoms with Gasteiger partial charge in [-0.05, 0) is 31.7 Å². The fourth-order valence-electron chi connectivity index (χ4n) is 4.51. The van der Waals surface area contributed by atoms with Gasteiger partial charge in [0.1, 0.15) is 24.1 Å². The molecule has 9 nitrogen and oxygen atoms in total. The maximum Gasteiger partial charge on any atom is 0.434 e. The molecule has 2 aliphatic rings. The van der Waals surface area contributed by atoms with Crippen molar-refractivity contribution < 1.29 is 31.1 Å². The zero-order chi connectivity index (χ0) is 27.6. The highest BCUT2D eigenvalue weighted by Crippen LogP contribution is 2.44. The summed E-state index contributed by atoms with van der Waals surface area (Å²) in [6, 6.07) is 2.50. The van der Waals surface area contributed by atoms with Gasteiger partial charge in [0.25, 0.3) is 5.88 Å². The summed E-state index contributed by atoms with van der Waals surface area (Å²) in [5.41, 5.74) is 0.0313. The zero-order valence-corrected chi connectivity index (χ0v) is 20.5. The monoisotopic (exact) mass is 555 g/mol. The second-order valence-electron chi connectivity index (χ2n) is 9.73. The van der Waals surface area contributed by atoms with Crippen molar-refractivity contribution >= 4 is 11.1 Å². The van der Waals surface area contributed by atoms with Crippen LogP contribution >= 0.6 is 0 Å². The van der Waals surface area contributed by atoms with Crippen molar-refractivity contribution in [1.82, 2.24) is 34.5 Å². The Labute approximate surface area is 222 Å². The van der Waals surface area contributed by atoms with E-state index in [1.807, 2.05) is 0 Å². The molecule has 204 valence electrons. The summed E-state index contributed by atoms with van der Waals surface area (Å²) in [6.45, 7) is -0.218. The van der Waals surface area contributed by atoms with E-state index in [-0.39, 0.29) is 58.5 Å². The highest BCUT2D eigenvalue weighted by Gasteiger charge is 2.38. The maximum absolute atomic E-state index is 15.1. The summed E-state index contributed by atoms with van der Waals surface area (Å²) in [4.78, 5) is 24.3. The number of alkyl halides is 3. The lowest BCUT2D eigenvalue weighted by atomic mass is 10.1. The Hall–Kier alpha value is -4.49. The number of hydrogen-bond donors (Lipinski definition) is 0. The fraction of sp³-hybridized carbons (Fsp3) is 0.308. The van der Waals surface area contributed by atoms with Gasteiger partial charge in [-0.3, -0.25) is 0 Å². The highest BCUT2D eigenvalue weighted by molar-refractivity contribution is 5.80.